The molecule has 0 saturated heterocycles. The van der Waals surface area contributed by atoms with Crippen molar-refractivity contribution in [3.8, 4) is 0 Å². The van der Waals surface area contributed by atoms with Crippen molar-refractivity contribution < 1.29 is 34.8 Å². The quantitative estimate of drug-likeness (QED) is 0.582. The molecule has 4 N–H and O–H groups in total. The third-order valence-corrected chi connectivity index (χ3v) is 3.28. The Balaban J connectivity index is 3.27. The molecule has 0 amide bonds. The molecule has 1 rings (SSSR count). The van der Waals surface area contributed by atoms with E-state index in [1.807, 2.05) is 0 Å². The Morgan fingerprint density at radius 2 is 1.89 bits per heavy atom. The summed E-state index contributed by atoms with van der Waals surface area (Å²) in [5.41, 5.74) is -2.89. The monoisotopic (exact) mass is 274 g/mol. The maximum atomic E-state index is 11.1. The Labute approximate surface area is 105 Å². The summed E-state index contributed by atoms with van der Waals surface area (Å²) in [6.07, 6.45) is -1.20. The topological polar surface area (TPSA) is 132 Å². The molecule has 1 aromatic rings. The standard InChI is InChI=1S/C10H10O7S/c11-6(12)4-10(17,9(15)16)7(8(13)14)5-2-1-3-18-5/h1-3,7,17H,4H2,(H,11,12)(H,13,14)(H,15,16). The van der Waals surface area contributed by atoms with E-state index in [1.54, 1.807) is 0 Å². The van der Waals surface area contributed by atoms with Gasteiger partial charge in [0, 0.05) is 4.88 Å². The van der Waals surface area contributed by atoms with Crippen molar-refractivity contribution in [2.45, 2.75) is 17.9 Å². The lowest BCUT2D eigenvalue weighted by atomic mass is 9.83. The van der Waals surface area contributed by atoms with Crippen LogP contribution < -0.4 is 0 Å². The zero-order valence-electron chi connectivity index (χ0n) is 8.94. The van der Waals surface area contributed by atoms with Crippen LogP contribution >= 0.6 is 11.3 Å². The third kappa shape index (κ3) is 2.66. The van der Waals surface area contributed by atoms with Gasteiger partial charge in [0.15, 0.2) is 5.60 Å². The lowest BCUT2D eigenvalue weighted by molar-refractivity contribution is -0.173. The van der Waals surface area contributed by atoms with Crippen LogP contribution in [0.3, 0.4) is 0 Å². The van der Waals surface area contributed by atoms with E-state index in [0.29, 0.717) is 0 Å². The molecular formula is C10H10O7S. The van der Waals surface area contributed by atoms with Gasteiger partial charge in [0.05, 0.1) is 6.42 Å². The van der Waals surface area contributed by atoms with Crippen molar-refractivity contribution >= 4 is 29.2 Å². The number of aliphatic carboxylic acids is 3. The molecule has 7 nitrogen and oxygen atoms in total. The SMILES string of the molecule is O=C(O)CC(O)(C(=O)O)C(C(=O)O)c1cccs1. The van der Waals surface area contributed by atoms with E-state index >= 15 is 0 Å². The number of aliphatic hydroxyl groups is 1. The first-order valence-corrected chi connectivity index (χ1v) is 5.60. The molecule has 0 aliphatic heterocycles. The fourth-order valence-corrected chi connectivity index (χ4v) is 2.45. The summed E-state index contributed by atoms with van der Waals surface area (Å²) in [6, 6.07) is 2.82. The Kier molecular flexibility index (Phi) is 4.04. The molecule has 0 aromatic carbocycles. The molecule has 8 heteroatoms. The highest BCUT2D eigenvalue weighted by atomic mass is 32.1. The fraction of sp³-hybridized carbons (Fsp3) is 0.300. The van der Waals surface area contributed by atoms with Crippen molar-refractivity contribution in [1.82, 2.24) is 0 Å². The maximum Gasteiger partial charge on any atom is 0.337 e. The first-order chi connectivity index (χ1) is 8.29. The first-order valence-electron chi connectivity index (χ1n) is 4.73. The number of thiophene rings is 1. The number of carbonyl (C=O) groups is 3. The number of hydrogen-bond donors (Lipinski definition) is 4. The van der Waals surface area contributed by atoms with Crippen LogP contribution in [0.15, 0.2) is 17.5 Å². The average molecular weight is 274 g/mol. The molecular weight excluding hydrogens is 264 g/mol. The molecule has 2 unspecified atom stereocenters. The van der Waals surface area contributed by atoms with Crippen LogP contribution in [-0.2, 0) is 14.4 Å². The highest BCUT2D eigenvalue weighted by molar-refractivity contribution is 7.10. The van der Waals surface area contributed by atoms with Gasteiger partial charge >= 0.3 is 17.9 Å². The second kappa shape index (κ2) is 5.15. The van der Waals surface area contributed by atoms with Gasteiger partial charge < -0.3 is 20.4 Å². The van der Waals surface area contributed by atoms with Crippen molar-refractivity contribution in [3.63, 3.8) is 0 Å². The summed E-state index contributed by atoms with van der Waals surface area (Å²) in [5, 5.41) is 38.0. The fourth-order valence-electron chi connectivity index (χ4n) is 1.55. The van der Waals surface area contributed by atoms with Gasteiger partial charge in [-0.05, 0) is 11.4 Å². The van der Waals surface area contributed by atoms with Gasteiger partial charge in [-0.25, -0.2) is 4.79 Å². The summed E-state index contributed by atoms with van der Waals surface area (Å²) >= 11 is 0.934. The van der Waals surface area contributed by atoms with Gasteiger partial charge in [-0.15, -0.1) is 11.3 Å². The Morgan fingerprint density at radius 1 is 1.28 bits per heavy atom. The van der Waals surface area contributed by atoms with Crippen LogP contribution in [0, 0.1) is 0 Å². The minimum Gasteiger partial charge on any atom is -0.481 e. The van der Waals surface area contributed by atoms with E-state index in [9.17, 15) is 19.5 Å². The van der Waals surface area contributed by atoms with Gasteiger partial charge in [-0.2, -0.15) is 0 Å². The highest BCUT2D eigenvalue weighted by Crippen LogP contribution is 2.34. The zero-order valence-corrected chi connectivity index (χ0v) is 9.75. The zero-order chi connectivity index (χ0) is 13.9. The minimum atomic E-state index is -2.89. The molecule has 0 aliphatic rings. The summed E-state index contributed by atoms with van der Waals surface area (Å²) in [4.78, 5) is 32.8. The minimum absolute atomic E-state index is 0.0775. The number of hydrogen-bond acceptors (Lipinski definition) is 5. The molecule has 0 saturated carbocycles. The van der Waals surface area contributed by atoms with Crippen LogP contribution in [0.2, 0.25) is 0 Å². The lowest BCUT2D eigenvalue weighted by Crippen LogP contribution is -2.49. The van der Waals surface area contributed by atoms with E-state index in [0.717, 1.165) is 11.3 Å². The van der Waals surface area contributed by atoms with E-state index in [4.69, 9.17) is 15.3 Å². The molecule has 0 bridgehead atoms. The van der Waals surface area contributed by atoms with Crippen LogP contribution in [0.1, 0.15) is 17.2 Å². The van der Waals surface area contributed by atoms with Gasteiger partial charge in [-0.1, -0.05) is 6.07 Å². The summed E-state index contributed by atoms with van der Waals surface area (Å²) in [5.74, 6) is -6.90. The molecule has 98 valence electrons. The second-order valence-electron chi connectivity index (χ2n) is 3.59. The van der Waals surface area contributed by atoms with Crippen LogP contribution in [-0.4, -0.2) is 43.9 Å². The number of rotatable bonds is 6. The summed E-state index contributed by atoms with van der Waals surface area (Å²) < 4.78 is 0. The maximum absolute atomic E-state index is 11.1. The van der Waals surface area contributed by atoms with Gasteiger partial charge in [-0.3, -0.25) is 9.59 Å². The van der Waals surface area contributed by atoms with Crippen molar-refractivity contribution in [1.29, 1.82) is 0 Å². The van der Waals surface area contributed by atoms with Gasteiger partial charge in [0.2, 0.25) is 0 Å². The molecule has 18 heavy (non-hydrogen) atoms. The predicted molar refractivity (Wildman–Crippen MR) is 59.5 cm³/mol. The van der Waals surface area contributed by atoms with E-state index in [-0.39, 0.29) is 4.88 Å². The lowest BCUT2D eigenvalue weighted by Gasteiger charge is -2.27. The van der Waals surface area contributed by atoms with Gasteiger partial charge in [0.25, 0.3) is 0 Å². The molecule has 0 aliphatic carbocycles. The largest absolute Gasteiger partial charge is 0.481 e. The molecule has 0 spiro atoms. The Hall–Kier alpha value is -1.93. The summed E-state index contributed by atoms with van der Waals surface area (Å²) in [6.45, 7) is 0. The van der Waals surface area contributed by atoms with Crippen molar-refractivity contribution in [2.75, 3.05) is 0 Å². The number of carboxylic acid groups (broad SMARTS) is 3. The number of carboxylic acids is 3. The molecule has 0 fully saturated rings. The first kappa shape index (κ1) is 14.1. The van der Waals surface area contributed by atoms with Crippen LogP contribution in [0.25, 0.3) is 0 Å². The molecule has 1 aromatic heterocycles. The van der Waals surface area contributed by atoms with E-state index in [2.05, 4.69) is 0 Å². The highest BCUT2D eigenvalue weighted by Gasteiger charge is 2.51. The van der Waals surface area contributed by atoms with Crippen LogP contribution in [0.4, 0.5) is 0 Å². The Morgan fingerprint density at radius 3 is 2.22 bits per heavy atom. The van der Waals surface area contributed by atoms with E-state index < -0.39 is 35.8 Å². The third-order valence-electron chi connectivity index (χ3n) is 2.34. The van der Waals surface area contributed by atoms with Crippen molar-refractivity contribution in [3.05, 3.63) is 22.4 Å². The van der Waals surface area contributed by atoms with Crippen LogP contribution in [0.5, 0.6) is 0 Å². The molecule has 1 heterocycles. The normalized spacial score (nSPS) is 15.6. The molecule has 2 atom stereocenters. The Bertz CT molecular complexity index is 467. The van der Waals surface area contributed by atoms with E-state index in [1.165, 1.54) is 17.5 Å². The van der Waals surface area contributed by atoms with Gasteiger partial charge in [0.1, 0.15) is 5.92 Å². The molecule has 0 radical (unpaired) electrons. The smallest absolute Gasteiger partial charge is 0.337 e. The average Bonchev–Trinajstić information content (AvgIpc) is 2.68. The van der Waals surface area contributed by atoms with Crippen molar-refractivity contribution in [2.24, 2.45) is 0 Å². The predicted octanol–water partition coefficient (Wildman–Crippen LogP) is 0.207. The summed E-state index contributed by atoms with van der Waals surface area (Å²) in [7, 11) is 0. The second-order valence-corrected chi connectivity index (χ2v) is 4.57.